The molecule has 8 nitrogen and oxygen atoms in total. The van der Waals surface area contributed by atoms with Gasteiger partial charge in [0, 0.05) is 16.0 Å². The summed E-state index contributed by atoms with van der Waals surface area (Å²) in [5, 5.41) is 6.16. The number of benzene rings is 1. The lowest BCUT2D eigenvalue weighted by atomic mass is 10.3. The monoisotopic (exact) mass is 511 g/mol. The molecule has 1 atom stereocenters. The minimum absolute atomic E-state index is 0.0626. The van der Waals surface area contributed by atoms with Gasteiger partial charge in [-0.3, -0.25) is 14.3 Å². The highest BCUT2D eigenvalue weighted by Gasteiger charge is 2.18. The zero-order valence-corrected chi connectivity index (χ0v) is 20.5. The van der Waals surface area contributed by atoms with E-state index in [1.54, 1.807) is 61.0 Å². The molecule has 0 fully saturated rings. The fourth-order valence-corrected chi connectivity index (χ4v) is 6.13. The smallest absolute Gasteiger partial charge is 0.311 e. The third-order valence-electron chi connectivity index (χ3n) is 3.96. The highest BCUT2D eigenvalue weighted by Crippen LogP contribution is 2.27. The second-order valence-corrected chi connectivity index (χ2v) is 11.6. The predicted molar refractivity (Wildman–Crippen MR) is 128 cm³/mol. The minimum atomic E-state index is -3.60. The molecular formula is C20H21N3O5S4. The maximum Gasteiger partial charge on any atom is 0.311 e. The van der Waals surface area contributed by atoms with E-state index < -0.39 is 15.3 Å². The number of carbonyl (C=O) groups excluding carboxylic acids is 2. The zero-order chi connectivity index (χ0) is 23.1. The Bertz CT molecular complexity index is 1160. The first kappa shape index (κ1) is 24.2. The molecule has 2 heterocycles. The van der Waals surface area contributed by atoms with Crippen molar-refractivity contribution in [2.24, 2.45) is 0 Å². The number of thiazole rings is 1. The van der Waals surface area contributed by atoms with Crippen LogP contribution < -0.4 is 10.0 Å². The van der Waals surface area contributed by atoms with Crippen molar-refractivity contribution in [2.45, 2.75) is 34.6 Å². The Labute approximate surface area is 198 Å². The number of thiophene rings is 1. The van der Waals surface area contributed by atoms with Crippen molar-refractivity contribution < 1.29 is 22.7 Å². The van der Waals surface area contributed by atoms with E-state index in [2.05, 4.69) is 15.0 Å². The normalized spacial score (nSPS) is 12.2. The van der Waals surface area contributed by atoms with Crippen molar-refractivity contribution in [3.8, 4) is 0 Å². The molecule has 2 N–H and O–H groups in total. The molecule has 0 aliphatic carbocycles. The molecular weight excluding hydrogens is 491 g/mol. The van der Waals surface area contributed by atoms with E-state index in [1.807, 2.05) is 0 Å². The van der Waals surface area contributed by atoms with Gasteiger partial charge < -0.3 is 10.1 Å². The summed E-state index contributed by atoms with van der Waals surface area (Å²) < 4.78 is 32.3. The number of hydrogen-bond acceptors (Lipinski definition) is 9. The van der Waals surface area contributed by atoms with Crippen LogP contribution in [0, 0.1) is 0 Å². The molecule has 0 spiro atoms. The van der Waals surface area contributed by atoms with Gasteiger partial charge in [0.2, 0.25) is 5.91 Å². The quantitative estimate of drug-likeness (QED) is 0.309. The fraction of sp³-hybridized carbons (Fsp3) is 0.250. The molecule has 170 valence electrons. The first-order valence-corrected chi connectivity index (χ1v) is 13.6. The summed E-state index contributed by atoms with van der Waals surface area (Å²) in [6.45, 7) is 3.81. The highest BCUT2D eigenvalue weighted by molar-refractivity contribution is 8.00. The van der Waals surface area contributed by atoms with E-state index in [0.717, 1.165) is 16.2 Å². The van der Waals surface area contributed by atoms with Gasteiger partial charge in [-0.1, -0.05) is 6.07 Å². The molecule has 3 aromatic rings. The maximum atomic E-state index is 12.5. The van der Waals surface area contributed by atoms with E-state index >= 15 is 0 Å². The molecule has 1 unspecified atom stereocenters. The number of ether oxygens (including phenoxy) is 1. The molecule has 0 saturated carbocycles. The fourth-order valence-electron chi connectivity index (χ4n) is 2.49. The van der Waals surface area contributed by atoms with Gasteiger partial charge >= 0.3 is 5.97 Å². The van der Waals surface area contributed by atoms with Gasteiger partial charge in [-0.25, -0.2) is 13.4 Å². The molecule has 0 radical (unpaired) electrons. The molecule has 2 aromatic heterocycles. The number of anilines is 2. The minimum Gasteiger partial charge on any atom is -0.466 e. The number of nitrogens with one attached hydrogen (secondary N) is 2. The van der Waals surface area contributed by atoms with E-state index in [9.17, 15) is 18.0 Å². The Hall–Kier alpha value is -2.41. The van der Waals surface area contributed by atoms with Crippen LogP contribution in [0.1, 0.15) is 19.5 Å². The van der Waals surface area contributed by atoms with Crippen LogP contribution in [0.15, 0.2) is 56.3 Å². The largest absolute Gasteiger partial charge is 0.466 e. The average Bonchev–Trinajstić information content (AvgIpc) is 3.42. The molecule has 32 heavy (non-hydrogen) atoms. The van der Waals surface area contributed by atoms with Gasteiger partial charge in [-0.15, -0.1) is 34.4 Å². The molecule has 0 saturated heterocycles. The summed E-state index contributed by atoms with van der Waals surface area (Å²) in [6, 6.07) is 10.0. The van der Waals surface area contributed by atoms with Crippen LogP contribution in [0.3, 0.4) is 0 Å². The third kappa shape index (κ3) is 6.79. The molecule has 0 aliphatic heterocycles. The van der Waals surface area contributed by atoms with Gasteiger partial charge in [-0.2, -0.15) is 0 Å². The highest BCUT2D eigenvalue weighted by atomic mass is 32.2. The molecule has 0 bridgehead atoms. The number of amides is 1. The van der Waals surface area contributed by atoms with Crippen molar-refractivity contribution >= 4 is 67.2 Å². The molecule has 3 rings (SSSR count). The molecule has 1 aromatic carbocycles. The van der Waals surface area contributed by atoms with Crippen molar-refractivity contribution in [3.05, 3.63) is 52.9 Å². The van der Waals surface area contributed by atoms with Crippen molar-refractivity contribution in [1.82, 2.24) is 4.98 Å². The van der Waals surface area contributed by atoms with E-state index in [1.165, 1.54) is 23.1 Å². The Morgan fingerprint density at radius 1 is 1.19 bits per heavy atom. The summed E-state index contributed by atoms with van der Waals surface area (Å²) in [4.78, 5) is 29.1. The maximum absolute atomic E-state index is 12.5. The Morgan fingerprint density at radius 3 is 2.59 bits per heavy atom. The van der Waals surface area contributed by atoms with Crippen molar-refractivity contribution in [2.75, 3.05) is 16.6 Å². The predicted octanol–water partition coefficient (Wildman–Crippen LogP) is 4.23. The van der Waals surface area contributed by atoms with Crippen LogP contribution in [0.4, 0.5) is 10.8 Å². The Morgan fingerprint density at radius 2 is 1.94 bits per heavy atom. The standard InChI is InChI=1S/C20H21N3O5S4/c1-3-28-17(24)11-15-12-30-20(21-15)22-19(25)13(2)31-16-8-6-14(7-9-16)23-32(26,27)18-5-4-10-29-18/h4-10,12-13,23H,3,11H2,1-2H3,(H,21,22,25). The second kappa shape index (κ2) is 10.9. The number of carbonyl (C=O) groups is 2. The lowest BCUT2D eigenvalue weighted by Gasteiger charge is -2.11. The zero-order valence-electron chi connectivity index (χ0n) is 17.2. The van der Waals surface area contributed by atoms with Gasteiger partial charge in [0.05, 0.1) is 24.0 Å². The summed E-state index contributed by atoms with van der Waals surface area (Å²) in [6.07, 6.45) is 0.0626. The number of aromatic nitrogens is 1. The molecule has 12 heteroatoms. The lowest BCUT2D eigenvalue weighted by molar-refractivity contribution is -0.142. The Balaban J connectivity index is 1.53. The SMILES string of the molecule is CCOC(=O)Cc1csc(NC(=O)C(C)Sc2ccc(NS(=O)(=O)c3cccs3)cc2)n1. The van der Waals surface area contributed by atoms with E-state index in [-0.39, 0.29) is 22.5 Å². The van der Waals surface area contributed by atoms with Crippen LogP contribution in [-0.4, -0.2) is 37.1 Å². The second-order valence-electron chi connectivity index (χ2n) is 6.44. The topological polar surface area (TPSA) is 114 Å². The Kier molecular flexibility index (Phi) is 8.29. The summed E-state index contributed by atoms with van der Waals surface area (Å²) in [5.41, 5.74) is 0.987. The number of hydrogen-bond donors (Lipinski definition) is 2. The van der Waals surface area contributed by atoms with Crippen molar-refractivity contribution in [1.29, 1.82) is 0 Å². The van der Waals surface area contributed by atoms with Crippen LogP contribution in [0.5, 0.6) is 0 Å². The van der Waals surface area contributed by atoms with Crippen LogP contribution >= 0.6 is 34.4 Å². The van der Waals surface area contributed by atoms with E-state index in [0.29, 0.717) is 23.1 Å². The van der Waals surface area contributed by atoms with Crippen LogP contribution in [-0.2, 0) is 30.8 Å². The van der Waals surface area contributed by atoms with Crippen molar-refractivity contribution in [3.63, 3.8) is 0 Å². The number of rotatable bonds is 10. The van der Waals surface area contributed by atoms with E-state index in [4.69, 9.17) is 4.74 Å². The first-order valence-electron chi connectivity index (χ1n) is 9.50. The van der Waals surface area contributed by atoms with Crippen LogP contribution in [0.2, 0.25) is 0 Å². The molecule has 1 amide bonds. The van der Waals surface area contributed by atoms with Gasteiger partial charge in [0.1, 0.15) is 4.21 Å². The average molecular weight is 512 g/mol. The number of nitrogens with zero attached hydrogens (tertiary/aromatic N) is 1. The lowest BCUT2D eigenvalue weighted by Crippen LogP contribution is -2.22. The first-order chi connectivity index (χ1) is 15.3. The molecule has 0 aliphatic rings. The number of esters is 1. The number of sulfonamides is 1. The van der Waals surface area contributed by atoms with Crippen LogP contribution in [0.25, 0.3) is 0 Å². The van der Waals surface area contributed by atoms with Gasteiger partial charge in [0.25, 0.3) is 10.0 Å². The third-order valence-corrected chi connectivity index (χ3v) is 8.66. The van der Waals surface area contributed by atoms with Gasteiger partial charge in [-0.05, 0) is 49.6 Å². The summed E-state index contributed by atoms with van der Waals surface area (Å²) >= 11 is 3.72. The van der Waals surface area contributed by atoms with Gasteiger partial charge in [0.15, 0.2) is 5.13 Å². The summed E-state index contributed by atoms with van der Waals surface area (Å²) in [5.74, 6) is -0.588. The summed E-state index contributed by atoms with van der Waals surface area (Å²) in [7, 11) is -3.60. The number of thioether (sulfide) groups is 1.